The third-order valence-corrected chi connectivity index (χ3v) is 5.29. The quantitative estimate of drug-likeness (QED) is 0.572. The number of anilines is 1. The normalized spacial score (nSPS) is 10.6. The van der Waals surface area contributed by atoms with Crippen molar-refractivity contribution in [3.05, 3.63) is 56.9 Å². The van der Waals surface area contributed by atoms with Crippen LogP contribution in [0.5, 0.6) is 11.5 Å². The zero-order valence-electron chi connectivity index (χ0n) is 14.8. The van der Waals surface area contributed by atoms with Gasteiger partial charge >= 0.3 is 0 Å². The van der Waals surface area contributed by atoms with Crippen molar-refractivity contribution in [3.8, 4) is 22.8 Å². The summed E-state index contributed by atoms with van der Waals surface area (Å²) in [6.45, 7) is 1.92. The minimum Gasteiger partial charge on any atom is -0.497 e. The summed E-state index contributed by atoms with van der Waals surface area (Å²) in [7, 11) is 3.05. The van der Waals surface area contributed by atoms with E-state index in [0.717, 1.165) is 10.4 Å². The van der Waals surface area contributed by atoms with Crippen LogP contribution in [0.2, 0.25) is 10.0 Å². The largest absolute Gasteiger partial charge is 0.497 e. The number of benzene rings is 2. The number of carbonyl (C=O) groups is 1. The third kappa shape index (κ3) is 4.18. The van der Waals surface area contributed by atoms with Crippen LogP contribution in [-0.2, 0) is 0 Å². The van der Waals surface area contributed by atoms with Gasteiger partial charge < -0.3 is 9.47 Å². The molecule has 0 aliphatic rings. The lowest BCUT2D eigenvalue weighted by molar-refractivity contribution is 0.102. The number of nitrogens with one attached hydrogen (secondary N) is 1. The second-order valence-electron chi connectivity index (χ2n) is 5.57. The number of halogens is 2. The number of aryl methyl sites for hydroxylation is 1. The molecule has 5 nitrogen and oxygen atoms in total. The Bertz CT molecular complexity index is 1000. The lowest BCUT2D eigenvalue weighted by atomic mass is 10.1. The maximum Gasteiger partial charge on any atom is 0.261 e. The zero-order valence-corrected chi connectivity index (χ0v) is 17.1. The number of thiazole rings is 1. The second-order valence-corrected chi connectivity index (χ2v) is 7.62. The highest BCUT2D eigenvalue weighted by molar-refractivity contribution is 7.16. The summed E-state index contributed by atoms with van der Waals surface area (Å²) in [4.78, 5) is 18.1. The SMILES string of the molecule is COc1ccc(C(=O)Nc2nc(-c3ccc(Cl)cc3Cl)c(C)s2)c(OC)c1. The number of rotatable bonds is 5. The van der Waals surface area contributed by atoms with Crippen LogP contribution in [0.4, 0.5) is 5.13 Å². The van der Waals surface area contributed by atoms with Gasteiger partial charge in [0, 0.05) is 21.5 Å². The number of amides is 1. The van der Waals surface area contributed by atoms with E-state index in [2.05, 4.69) is 10.3 Å². The summed E-state index contributed by atoms with van der Waals surface area (Å²) in [5.74, 6) is 0.700. The molecule has 0 radical (unpaired) electrons. The minimum absolute atomic E-state index is 0.322. The van der Waals surface area contributed by atoms with Crippen molar-refractivity contribution in [3.63, 3.8) is 0 Å². The summed E-state index contributed by atoms with van der Waals surface area (Å²) in [5.41, 5.74) is 1.85. The van der Waals surface area contributed by atoms with Gasteiger partial charge in [-0.1, -0.05) is 23.2 Å². The van der Waals surface area contributed by atoms with Gasteiger partial charge in [0.05, 0.1) is 30.5 Å². The van der Waals surface area contributed by atoms with Crippen LogP contribution in [0.1, 0.15) is 15.2 Å². The predicted octanol–water partition coefficient (Wildman–Crippen LogP) is 5.69. The van der Waals surface area contributed by atoms with Gasteiger partial charge in [-0.05, 0) is 37.3 Å². The maximum absolute atomic E-state index is 12.7. The van der Waals surface area contributed by atoms with E-state index in [9.17, 15) is 4.79 Å². The smallest absolute Gasteiger partial charge is 0.261 e. The molecule has 8 heteroatoms. The monoisotopic (exact) mass is 422 g/mol. The molecule has 0 spiro atoms. The molecule has 27 heavy (non-hydrogen) atoms. The highest BCUT2D eigenvalue weighted by Gasteiger charge is 2.18. The molecule has 0 bridgehead atoms. The summed E-state index contributed by atoms with van der Waals surface area (Å²) < 4.78 is 10.4. The van der Waals surface area contributed by atoms with Gasteiger partial charge in [-0.2, -0.15) is 0 Å². The van der Waals surface area contributed by atoms with Crippen molar-refractivity contribution in [1.82, 2.24) is 4.98 Å². The van der Waals surface area contributed by atoms with E-state index >= 15 is 0 Å². The zero-order chi connectivity index (χ0) is 19.6. The van der Waals surface area contributed by atoms with Crippen molar-refractivity contribution in [2.75, 3.05) is 19.5 Å². The van der Waals surface area contributed by atoms with Gasteiger partial charge in [-0.15, -0.1) is 11.3 Å². The molecule has 0 saturated carbocycles. The van der Waals surface area contributed by atoms with Crippen molar-refractivity contribution < 1.29 is 14.3 Å². The molecule has 2 aromatic carbocycles. The Kier molecular flexibility index (Phi) is 5.89. The third-order valence-electron chi connectivity index (χ3n) is 3.86. The van der Waals surface area contributed by atoms with Crippen LogP contribution in [-0.4, -0.2) is 25.1 Å². The van der Waals surface area contributed by atoms with Crippen LogP contribution in [0.25, 0.3) is 11.3 Å². The molecule has 1 N–H and O–H groups in total. The van der Waals surface area contributed by atoms with E-state index in [1.807, 2.05) is 13.0 Å². The molecule has 0 fully saturated rings. The fourth-order valence-electron chi connectivity index (χ4n) is 2.53. The van der Waals surface area contributed by atoms with Crippen molar-refractivity contribution >= 4 is 45.6 Å². The highest BCUT2D eigenvalue weighted by atomic mass is 35.5. The van der Waals surface area contributed by atoms with Crippen molar-refractivity contribution in [2.24, 2.45) is 0 Å². The summed E-state index contributed by atoms with van der Waals surface area (Å²) in [6, 6.07) is 10.2. The number of nitrogens with zero attached hydrogens (tertiary/aromatic N) is 1. The Balaban J connectivity index is 1.88. The molecule has 0 aliphatic carbocycles. The molecule has 3 rings (SSSR count). The van der Waals surface area contributed by atoms with Crippen LogP contribution in [0.15, 0.2) is 36.4 Å². The summed E-state index contributed by atoms with van der Waals surface area (Å²) in [5, 5.41) is 4.34. The first kappa shape index (κ1) is 19.5. The van der Waals surface area contributed by atoms with Crippen LogP contribution in [0, 0.1) is 6.92 Å². The predicted molar refractivity (Wildman–Crippen MR) is 110 cm³/mol. The van der Waals surface area contributed by atoms with E-state index in [4.69, 9.17) is 32.7 Å². The van der Waals surface area contributed by atoms with E-state index in [0.29, 0.717) is 37.9 Å². The number of methoxy groups -OCH3 is 2. The van der Waals surface area contributed by atoms with Gasteiger partial charge in [0.1, 0.15) is 11.5 Å². The lowest BCUT2D eigenvalue weighted by Crippen LogP contribution is -2.13. The number of ether oxygens (including phenoxy) is 2. The average Bonchev–Trinajstić information content (AvgIpc) is 3.00. The number of aromatic nitrogens is 1. The molecule has 140 valence electrons. The van der Waals surface area contributed by atoms with Gasteiger partial charge in [-0.25, -0.2) is 4.98 Å². The standard InChI is InChI=1S/C19H16Cl2N2O3S/c1-10-17(13-6-4-11(20)8-15(13)21)22-19(27-10)23-18(24)14-7-5-12(25-2)9-16(14)26-3/h4-9H,1-3H3,(H,22,23,24). The molecule has 0 unspecified atom stereocenters. The fourth-order valence-corrected chi connectivity index (χ4v) is 3.85. The average molecular weight is 423 g/mol. The number of hydrogen-bond donors (Lipinski definition) is 1. The number of hydrogen-bond acceptors (Lipinski definition) is 5. The first-order chi connectivity index (χ1) is 12.9. The van der Waals surface area contributed by atoms with E-state index in [-0.39, 0.29) is 5.91 Å². The molecule has 1 amide bonds. The highest BCUT2D eigenvalue weighted by Crippen LogP contribution is 2.36. The first-order valence-corrected chi connectivity index (χ1v) is 9.46. The minimum atomic E-state index is -0.322. The van der Waals surface area contributed by atoms with Crippen molar-refractivity contribution in [2.45, 2.75) is 6.92 Å². The Morgan fingerprint density at radius 2 is 1.89 bits per heavy atom. The molecular formula is C19H16Cl2N2O3S. The molecule has 1 aromatic heterocycles. The van der Waals surface area contributed by atoms with E-state index < -0.39 is 0 Å². The molecule has 0 saturated heterocycles. The summed E-state index contributed by atoms with van der Waals surface area (Å²) >= 11 is 13.6. The molecular weight excluding hydrogens is 407 g/mol. The molecule has 0 atom stereocenters. The summed E-state index contributed by atoms with van der Waals surface area (Å²) in [6.07, 6.45) is 0. The Morgan fingerprint density at radius 1 is 1.11 bits per heavy atom. The van der Waals surface area contributed by atoms with Crippen LogP contribution < -0.4 is 14.8 Å². The van der Waals surface area contributed by atoms with Crippen LogP contribution in [0.3, 0.4) is 0 Å². The maximum atomic E-state index is 12.7. The van der Waals surface area contributed by atoms with Gasteiger partial charge in [-0.3, -0.25) is 10.1 Å². The first-order valence-electron chi connectivity index (χ1n) is 7.89. The Morgan fingerprint density at radius 3 is 2.56 bits per heavy atom. The lowest BCUT2D eigenvalue weighted by Gasteiger charge is -2.09. The Labute approximate surface area is 170 Å². The van der Waals surface area contributed by atoms with Gasteiger partial charge in [0.2, 0.25) is 0 Å². The fraction of sp³-hybridized carbons (Fsp3) is 0.158. The molecule has 1 heterocycles. The van der Waals surface area contributed by atoms with Crippen molar-refractivity contribution in [1.29, 1.82) is 0 Å². The topological polar surface area (TPSA) is 60.5 Å². The second kappa shape index (κ2) is 8.17. The van der Waals surface area contributed by atoms with Gasteiger partial charge in [0.15, 0.2) is 5.13 Å². The Hall–Kier alpha value is -2.28. The number of carbonyl (C=O) groups excluding carboxylic acids is 1. The van der Waals surface area contributed by atoms with E-state index in [1.54, 1.807) is 37.4 Å². The molecule has 0 aliphatic heterocycles. The van der Waals surface area contributed by atoms with E-state index in [1.165, 1.54) is 18.4 Å². The molecule has 3 aromatic rings. The van der Waals surface area contributed by atoms with Gasteiger partial charge in [0.25, 0.3) is 5.91 Å². The van der Waals surface area contributed by atoms with Crippen LogP contribution >= 0.6 is 34.5 Å².